The predicted octanol–water partition coefficient (Wildman–Crippen LogP) is 3.62. The number of hydrogen-bond acceptors (Lipinski definition) is 1. The van der Waals surface area contributed by atoms with Crippen LogP contribution in [0, 0.1) is 0 Å². The number of para-hydroxylation sites is 1. The topological polar surface area (TPSA) is 4.93 Å². The quantitative estimate of drug-likeness (QED) is 0.544. The van der Waals surface area contributed by atoms with E-state index in [0.717, 1.165) is 4.90 Å². The molecule has 0 radical (unpaired) electrons. The first-order valence-electron chi connectivity index (χ1n) is 4.93. The van der Waals surface area contributed by atoms with Crippen LogP contribution in [0.3, 0.4) is 0 Å². The molecule has 15 heavy (non-hydrogen) atoms. The summed E-state index contributed by atoms with van der Waals surface area (Å²) in [5.74, 6) is 0. The lowest BCUT2D eigenvalue weighted by Crippen LogP contribution is -1.85. The Morgan fingerprint density at radius 3 is 2.53 bits per heavy atom. The van der Waals surface area contributed by atoms with E-state index in [1.54, 1.807) is 0 Å². The summed E-state index contributed by atoms with van der Waals surface area (Å²) in [6, 6.07) is 14.7. The lowest BCUT2D eigenvalue weighted by atomic mass is 10.2. The molecule has 0 spiro atoms. The van der Waals surface area contributed by atoms with Crippen LogP contribution >= 0.6 is 12.6 Å². The standard InChI is InChI=1S/C13H11NS/c1-14-12-5-3-2-4-10(12)11-7-6-9(15)8-13(11)14/h2-8,15H,1H3. The summed E-state index contributed by atoms with van der Waals surface area (Å²) < 4.78 is 2.21. The smallest absolute Gasteiger partial charge is 0.0499 e. The third kappa shape index (κ3) is 1.18. The van der Waals surface area contributed by atoms with Crippen molar-refractivity contribution in [3.05, 3.63) is 42.5 Å². The molecule has 0 bridgehead atoms. The van der Waals surface area contributed by atoms with Crippen molar-refractivity contribution in [3.63, 3.8) is 0 Å². The van der Waals surface area contributed by atoms with E-state index in [4.69, 9.17) is 0 Å². The van der Waals surface area contributed by atoms with E-state index in [2.05, 4.69) is 60.6 Å². The van der Waals surface area contributed by atoms with Gasteiger partial charge in [-0.3, -0.25) is 0 Å². The molecule has 74 valence electrons. The molecule has 1 nitrogen and oxygen atoms in total. The summed E-state index contributed by atoms with van der Waals surface area (Å²) in [7, 11) is 2.10. The Morgan fingerprint density at radius 1 is 0.933 bits per heavy atom. The third-order valence-corrected chi connectivity index (χ3v) is 3.18. The van der Waals surface area contributed by atoms with Crippen LogP contribution in [0.1, 0.15) is 0 Å². The number of hydrogen-bond donors (Lipinski definition) is 1. The minimum atomic E-state index is 1.01. The molecule has 0 aliphatic rings. The fourth-order valence-corrected chi connectivity index (χ4v) is 2.35. The van der Waals surface area contributed by atoms with E-state index in [0.29, 0.717) is 0 Å². The summed E-state index contributed by atoms with van der Waals surface area (Å²) in [4.78, 5) is 1.01. The Balaban J connectivity index is 2.63. The van der Waals surface area contributed by atoms with E-state index in [1.807, 2.05) is 6.07 Å². The lowest BCUT2D eigenvalue weighted by Gasteiger charge is -1.97. The second-order valence-electron chi connectivity index (χ2n) is 3.78. The zero-order valence-electron chi connectivity index (χ0n) is 8.44. The molecule has 1 heterocycles. The molecule has 0 aliphatic heterocycles. The van der Waals surface area contributed by atoms with Gasteiger partial charge >= 0.3 is 0 Å². The van der Waals surface area contributed by atoms with Crippen LogP contribution in [0.2, 0.25) is 0 Å². The summed E-state index contributed by atoms with van der Waals surface area (Å²) in [6.45, 7) is 0. The Bertz CT molecular complexity index is 652. The zero-order chi connectivity index (χ0) is 10.4. The minimum absolute atomic E-state index is 1.01. The maximum absolute atomic E-state index is 4.38. The Kier molecular flexibility index (Phi) is 1.80. The molecule has 0 aliphatic carbocycles. The van der Waals surface area contributed by atoms with Crippen LogP contribution in [0.15, 0.2) is 47.4 Å². The van der Waals surface area contributed by atoms with E-state index in [1.165, 1.54) is 21.8 Å². The predicted molar refractivity (Wildman–Crippen MR) is 67.7 cm³/mol. The van der Waals surface area contributed by atoms with Gasteiger partial charge in [-0.25, -0.2) is 0 Å². The average Bonchev–Trinajstić information content (AvgIpc) is 2.54. The van der Waals surface area contributed by atoms with E-state index >= 15 is 0 Å². The van der Waals surface area contributed by atoms with Crippen molar-refractivity contribution in [2.75, 3.05) is 0 Å². The summed E-state index contributed by atoms with van der Waals surface area (Å²) in [5, 5.41) is 2.61. The molecule has 3 rings (SSSR count). The number of aromatic nitrogens is 1. The Hall–Kier alpha value is -1.41. The van der Waals surface area contributed by atoms with Gasteiger partial charge in [0, 0.05) is 33.7 Å². The average molecular weight is 213 g/mol. The van der Waals surface area contributed by atoms with Gasteiger partial charge in [0.05, 0.1) is 0 Å². The van der Waals surface area contributed by atoms with Gasteiger partial charge in [-0.05, 0) is 18.2 Å². The second-order valence-corrected chi connectivity index (χ2v) is 4.29. The van der Waals surface area contributed by atoms with Crippen LogP contribution < -0.4 is 0 Å². The van der Waals surface area contributed by atoms with Gasteiger partial charge in [0.15, 0.2) is 0 Å². The Labute approximate surface area is 93.7 Å². The number of aryl methyl sites for hydroxylation is 1. The SMILES string of the molecule is Cn1c2ccccc2c2ccc(S)cc21. The van der Waals surface area contributed by atoms with Crippen LogP contribution in [0.4, 0.5) is 0 Å². The molecule has 0 atom stereocenters. The molecule has 2 aromatic carbocycles. The van der Waals surface area contributed by atoms with Gasteiger partial charge in [-0.15, -0.1) is 12.6 Å². The van der Waals surface area contributed by atoms with Crippen LogP contribution in [-0.2, 0) is 7.05 Å². The van der Waals surface area contributed by atoms with E-state index < -0.39 is 0 Å². The second kappa shape index (κ2) is 3.04. The van der Waals surface area contributed by atoms with Crippen molar-refractivity contribution in [1.82, 2.24) is 4.57 Å². The summed E-state index contributed by atoms with van der Waals surface area (Å²) >= 11 is 4.38. The van der Waals surface area contributed by atoms with Crippen molar-refractivity contribution >= 4 is 34.4 Å². The molecule has 1 aromatic heterocycles. The Morgan fingerprint density at radius 2 is 1.67 bits per heavy atom. The van der Waals surface area contributed by atoms with Crippen molar-refractivity contribution in [1.29, 1.82) is 0 Å². The molecule has 0 fully saturated rings. The third-order valence-electron chi connectivity index (χ3n) is 2.90. The van der Waals surface area contributed by atoms with Gasteiger partial charge in [0.1, 0.15) is 0 Å². The first-order valence-corrected chi connectivity index (χ1v) is 5.38. The van der Waals surface area contributed by atoms with E-state index in [9.17, 15) is 0 Å². The maximum atomic E-state index is 4.38. The largest absolute Gasteiger partial charge is 0.344 e. The monoisotopic (exact) mass is 213 g/mol. The fourth-order valence-electron chi connectivity index (χ4n) is 2.15. The molecule has 0 N–H and O–H groups in total. The molecule has 0 amide bonds. The number of benzene rings is 2. The maximum Gasteiger partial charge on any atom is 0.0499 e. The van der Waals surface area contributed by atoms with Gasteiger partial charge in [0.2, 0.25) is 0 Å². The van der Waals surface area contributed by atoms with Gasteiger partial charge < -0.3 is 4.57 Å². The number of rotatable bonds is 0. The van der Waals surface area contributed by atoms with Crippen LogP contribution in [0.25, 0.3) is 21.8 Å². The number of fused-ring (bicyclic) bond motifs is 3. The van der Waals surface area contributed by atoms with Crippen molar-refractivity contribution in [3.8, 4) is 0 Å². The highest BCUT2D eigenvalue weighted by Crippen LogP contribution is 2.29. The van der Waals surface area contributed by atoms with Gasteiger partial charge in [-0.2, -0.15) is 0 Å². The van der Waals surface area contributed by atoms with E-state index in [-0.39, 0.29) is 0 Å². The minimum Gasteiger partial charge on any atom is -0.344 e. The fraction of sp³-hybridized carbons (Fsp3) is 0.0769. The highest BCUT2D eigenvalue weighted by atomic mass is 32.1. The molecule has 0 unspecified atom stereocenters. The zero-order valence-corrected chi connectivity index (χ0v) is 9.33. The number of nitrogens with zero attached hydrogens (tertiary/aromatic N) is 1. The number of thiol groups is 1. The first kappa shape index (κ1) is 8.86. The first-order chi connectivity index (χ1) is 7.27. The van der Waals surface area contributed by atoms with Crippen LogP contribution in [0.5, 0.6) is 0 Å². The van der Waals surface area contributed by atoms with Gasteiger partial charge in [-0.1, -0.05) is 24.3 Å². The highest BCUT2D eigenvalue weighted by Gasteiger charge is 2.06. The van der Waals surface area contributed by atoms with Crippen molar-refractivity contribution in [2.45, 2.75) is 4.90 Å². The molecule has 0 saturated carbocycles. The molecular weight excluding hydrogens is 202 g/mol. The molecule has 0 saturated heterocycles. The summed E-state index contributed by atoms with van der Waals surface area (Å²) in [6.07, 6.45) is 0. The molecule has 2 heteroatoms. The van der Waals surface area contributed by atoms with Crippen LogP contribution in [-0.4, -0.2) is 4.57 Å². The lowest BCUT2D eigenvalue weighted by molar-refractivity contribution is 1.01. The highest BCUT2D eigenvalue weighted by molar-refractivity contribution is 7.80. The molecular formula is C13H11NS. The normalized spacial score (nSPS) is 11.3. The van der Waals surface area contributed by atoms with Gasteiger partial charge in [0.25, 0.3) is 0 Å². The summed E-state index contributed by atoms with van der Waals surface area (Å²) in [5.41, 5.74) is 2.51. The van der Waals surface area contributed by atoms with Crippen molar-refractivity contribution in [2.24, 2.45) is 7.05 Å². The van der Waals surface area contributed by atoms with Crippen molar-refractivity contribution < 1.29 is 0 Å². The molecule has 3 aromatic rings.